The van der Waals surface area contributed by atoms with Crippen LogP contribution in [-0.2, 0) is 9.59 Å². The maximum atomic E-state index is 12.7. The lowest BCUT2D eigenvalue weighted by molar-refractivity contribution is -0.136. The van der Waals surface area contributed by atoms with Crippen molar-refractivity contribution in [2.24, 2.45) is 0 Å². The highest BCUT2D eigenvalue weighted by Crippen LogP contribution is 2.37. The number of aliphatic carboxylic acids is 1. The van der Waals surface area contributed by atoms with E-state index in [4.69, 9.17) is 16.7 Å². The standard InChI is InChI=1S/C16H13ClN2O3/c17-11-6-7-13-12(8-11)18-15(10-4-2-1-3-5-10)16(22)19(13)9-14(20)21/h1-8,15,18H,9H2,(H,20,21). The van der Waals surface area contributed by atoms with Gasteiger partial charge in [0.25, 0.3) is 5.91 Å². The predicted octanol–water partition coefficient (Wildman–Crippen LogP) is 2.92. The lowest BCUT2D eigenvalue weighted by atomic mass is 10.0. The Hall–Kier alpha value is -2.53. The third kappa shape index (κ3) is 2.63. The molecule has 22 heavy (non-hydrogen) atoms. The van der Waals surface area contributed by atoms with Gasteiger partial charge in [-0.25, -0.2) is 0 Å². The van der Waals surface area contributed by atoms with Crippen molar-refractivity contribution in [2.45, 2.75) is 6.04 Å². The van der Waals surface area contributed by atoms with E-state index in [-0.39, 0.29) is 5.91 Å². The summed E-state index contributed by atoms with van der Waals surface area (Å²) in [6.07, 6.45) is 0. The van der Waals surface area contributed by atoms with Crippen molar-refractivity contribution in [1.29, 1.82) is 0 Å². The molecule has 0 saturated carbocycles. The number of carbonyl (C=O) groups is 2. The highest BCUT2D eigenvalue weighted by atomic mass is 35.5. The van der Waals surface area contributed by atoms with Crippen LogP contribution in [0.3, 0.4) is 0 Å². The summed E-state index contributed by atoms with van der Waals surface area (Å²) in [6.45, 7) is -0.390. The molecule has 0 aliphatic carbocycles. The number of nitrogens with one attached hydrogen (secondary N) is 1. The molecule has 0 saturated heterocycles. The summed E-state index contributed by atoms with van der Waals surface area (Å²) in [4.78, 5) is 25.0. The molecule has 1 aliphatic rings. The molecular weight excluding hydrogens is 304 g/mol. The van der Waals surface area contributed by atoms with E-state index in [0.717, 1.165) is 5.56 Å². The number of hydrogen-bond acceptors (Lipinski definition) is 3. The smallest absolute Gasteiger partial charge is 0.323 e. The topological polar surface area (TPSA) is 69.6 Å². The van der Waals surface area contributed by atoms with Gasteiger partial charge in [-0.05, 0) is 23.8 Å². The van der Waals surface area contributed by atoms with Crippen molar-refractivity contribution in [3.8, 4) is 0 Å². The number of benzene rings is 2. The number of fused-ring (bicyclic) bond motifs is 1. The number of carboxylic acid groups (broad SMARTS) is 1. The third-order valence-electron chi connectivity index (χ3n) is 3.49. The van der Waals surface area contributed by atoms with Gasteiger partial charge in [-0.3, -0.25) is 14.5 Å². The summed E-state index contributed by atoms with van der Waals surface area (Å²) in [6, 6.07) is 13.5. The summed E-state index contributed by atoms with van der Waals surface area (Å²) in [7, 11) is 0. The molecule has 2 aromatic rings. The number of carbonyl (C=O) groups excluding carboxylic acids is 1. The second-order valence-electron chi connectivity index (χ2n) is 4.97. The summed E-state index contributed by atoms with van der Waals surface area (Å²) in [5, 5.41) is 12.7. The van der Waals surface area contributed by atoms with E-state index < -0.39 is 18.6 Å². The Kier molecular flexibility index (Phi) is 3.73. The quantitative estimate of drug-likeness (QED) is 0.913. The van der Waals surface area contributed by atoms with Gasteiger partial charge in [0.1, 0.15) is 12.6 Å². The van der Waals surface area contributed by atoms with Crippen LogP contribution in [0.1, 0.15) is 11.6 Å². The van der Waals surface area contributed by atoms with Crippen LogP contribution in [0.25, 0.3) is 0 Å². The first kappa shape index (κ1) is 14.4. The van der Waals surface area contributed by atoms with Gasteiger partial charge in [0.2, 0.25) is 0 Å². The van der Waals surface area contributed by atoms with Crippen LogP contribution in [0, 0.1) is 0 Å². The van der Waals surface area contributed by atoms with Crippen molar-refractivity contribution >= 4 is 34.9 Å². The molecule has 1 amide bonds. The Morgan fingerprint density at radius 1 is 1.23 bits per heavy atom. The second-order valence-corrected chi connectivity index (χ2v) is 5.40. The van der Waals surface area contributed by atoms with Crippen molar-refractivity contribution in [3.63, 3.8) is 0 Å². The number of anilines is 2. The van der Waals surface area contributed by atoms with Crippen molar-refractivity contribution in [1.82, 2.24) is 0 Å². The molecule has 3 rings (SSSR count). The van der Waals surface area contributed by atoms with Gasteiger partial charge in [-0.15, -0.1) is 0 Å². The number of halogens is 1. The maximum Gasteiger partial charge on any atom is 0.323 e. The Bertz CT molecular complexity index is 733. The molecule has 0 aromatic heterocycles. The van der Waals surface area contributed by atoms with E-state index in [1.165, 1.54) is 4.90 Å². The molecule has 2 N–H and O–H groups in total. The highest BCUT2D eigenvalue weighted by molar-refractivity contribution is 6.31. The fourth-order valence-corrected chi connectivity index (χ4v) is 2.69. The minimum Gasteiger partial charge on any atom is -0.480 e. The fraction of sp³-hybridized carbons (Fsp3) is 0.125. The van der Waals surface area contributed by atoms with E-state index in [2.05, 4.69) is 5.32 Å². The summed E-state index contributed by atoms with van der Waals surface area (Å²) in [5.74, 6) is -1.37. The van der Waals surface area contributed by atoms with E-state index in [9.17, 15) is 9.59 Å². The molecule has 5 nitrogen and oxygen atoms in total. The molecule has 112 valence electrons. The van der Waals surface area contributed by atoms with Crippen LogP contribution < -0.4 is 10.2 Å². The maximum absolute atomic E-state index is 12.7. The zero-order valence-electron chi connectivity index (χ0n) is 11.5. The number of hydrogen-bond donors (Lipinski definition) is 2. The first-order valence-corrected chi connectivity index (χ1v) is 7.08. The molecule has 2 aromatic carbocycles. The van der Waals surface area contributed by atoms with E-state index in [1.54, 1.807) is 18.2 Å². The molecule has 1 heterocycles. The first-order chi connectivity index (χ1) is 10.6. The molecular formula is C16H13ClN2O3. The van der Waals surface area contributed by atoms with Gasteiger partial charge < -0.3 is 10.4 Å². The average molecular weight is 317 g/mol. The van der Waals surface area contributed by atoms with Crippen LogP contribution in [-0.4, -0.2) is 23.5 Å². The molecule has 6 heteroatoms. The molecule has 0 radical (unpaired) electrons. The molecule has 0 fully saturated rings. The van der Waals surface area contributed by atoms with E-state index in [0.29, 0.717) is 16.4 Å². The van der Waals surface area contributed by atoms with Gasteiger partial charge in [0.15, 0.2) is 0 Å². The monoisotopic (exact) mass is 316 g/mol. The zero-order valence-corrected chi connectivity index (χ0v) is 12.2. The van der Waals surface area contributed by atoms with Crippen LogP contribution in [0.5, 0.6) is 0 Å². The van der Waals surface area contributed by atoms with Gasteiger partial charge in [0.05, 0.1) is 11.4 Å². The van der Waals surface area contributed by atoms with Gasteiger partial charge in [0, 0.05) is 5.02 Å². The number of carboxylic acids is 1. The second kappa shape index (κ2) is 5.69. The summed E-state index contributed by atoms with van der Waals surface area (Å²) in [5.41, 5.74) is 1.93. The number of rotatable bonds is 3. The Morgan fingerprint density at radius 3 is 2.64 bits per heavy atom. The third-order valence-corrected chi connectivity index (χ3v) is 3.72. The van der Waals surface area contributed by atoms with Crippen LogP contribution >= 0.6 is 11.6 Å². The van der Waals surface area contributed by atoms with Gasteiger partial charge >= 0.3 is 5.97 Å². The average Bonchev–Trinajstić information content (AvgIpc) is 2.50. The molecule has 1 atom stereocenters. The first-order valence-electron chi connectivity index (χ1n) is 6.70. The molecule has 0 spiro atoms. The fourth-order valence-electron chi connectivity index (χ4n) is 2.52. The number of amides is 1. The summed E-state index contributed by atoms with van der Waals surface area (Å²) >= 11 is 6.00. The molecule has 0 bridgehead atoms. The lowest BCUT2D eigenvalue weighted by Crippen LogP contribution is -2.44. The highest BCUT2D eigenvalue weighted by Gasteiger charge is 2.34. The molecule has 1 aliphatic heterocycles. The minimum absolute atomic E-state index is 0.302. The van der Waals surface area contributed by atoms with E-state index in [1.807, 2.05) is 30.3 Å². The SMILES string of the molecule is O=C(O)CN1C(=O)C(c2ccccc2)Nc2cc(Cl)ccc21. The minimum atomic E-state index is -1.07. The predicted molar refractivity (Wildman–Crippen MR) is 84.2 cm³/mol. The van der Waals surface area contributed by atoms with Crippen LogP contribution in [0.2, 0.25) is 5.02 Å². The summed E-state index contributed by atoms with van der Waals surface area (Å²) < 4.78 is 0. The van der Waals surface area contributed by atoms with Gasteiger partial charge in [-0.2, -0.15) is 0 Å². The molecule has 1 unspecified atom stereocenters. The normalized spacial score (nSPS) is 16.9. The van der Waals surface area contributed by atoms with Gasteiger partial charge in [-0.1, -0.05) is 41.9 Å². The number of nitrogens with zero attached hydrogens (tertiary/aromatic N) is 1. The Balaban J connectivity index is 2.06. The van der Waals surface area contributed by atoms with Crippen LogP contribution in [0.15, 0.2) is 48.5 Å². The van der Waals surface area contributed by atoms with Crippen molar-refractivity contribution in [3.05, 3.63) is 59.1 Å². The van der Waals surface area contributed by atoms with Crippen LogP contribution in [0.4, 0.5) is 11.4 Å². The lowest BCUT2D eigenvalue weighted by Gasteiger charge is -2.34. The Morgan fingerprint density at radius 2 is 1.95 bits per heavy atom. The Labute approximate surface area is 132 Å². The van der Waals surface area contributed by atoms with Crippen molar-refractivity contribution in [2.75, 3.05) is 16.8 Å². The zero-order chi connectivity index (χ0) is 15.7. The van der Waals surface area contributed by atoms with Crippen molar-refractivity contribution < 1.29 is 14.7 Å². The largest absolute Gasteiger partial charge is 0.480 e. The van der Waals surface area contributed by atoms with E-state index >= 15 is 0 Å².